The molecule has 0 aliphatic heterocycles. The molecule has 3 heteroatoms. The SMILES string of the molecule is CN(CC=CCS)Cc1ccco1. The second kappa shape index (κ2) is 5.89. The molecule has 0 aliphatic carbocycles. The zero-order chi connectivity index (χ0) is 9.52. The van der Waals surface area contributed by atoms with Gasteiger partial charge in [-0.3, -0.25) is 4.90 Å². The molecule has 0 unspecified atom stereocenters. The average Bonchev–Trinajstić information content (AvgIpc) is 2.57. The molecule has 0 saturated carbocycles. The Labute approximate surface area is 84.6 Å². The lowest BCUT2D eigenvalue weighted by Crippen LogP contribution is -2.17. The predicted octanol–water partition coefficient (Wildman–Crippen LogP) is 2.20. The van der Waals surface area contributed by atoms with Crippen LogP contribution in [-0.4, -0.2) is 24.2 Å². The third-order valence-electron chi connectivity index (χ3n) is 1.70. The molecule has 1 heterocycles. The van der Waals surface area contributed by atoms with Gasteiger partial charge in [-0.05, 0) is 19.2 Å². The van der Waals surface area contributed by atoms with Gasteiger partial charge in [0, 0.05) is 12.3 Å². The number of hydrogen-bond donors (Lipinski definition) is 1. The summed E-state index contributed by atoms with van der Waals surface area (Å²) in [6, 6.07) is 3.89. The first-order valence-corrected chi connectivity index (χ1v) is 4.93. The molecule has 72 valence electrons. The fourth-order valence-corrected chi connectivity index (χ4v) is 1.21. The van der Waals surface area contributed by atoms with Gasteiger partial charge in [-0.1, -0.05) is 12.2 Å². The van der Waals surface area contributed by atoms with E-state index in [1.165, 1.54) is 0 Å². The molecule has 0 bridgehead atoms. The lowest BCUT2D eigenvalue weighted by molar-refractivity contribution is 0.322. The van der Waals surface area contributed by atoms with Crippen LogP contribution in [0.4, 0.5) is 0 Å². The van der Waals surface area contributed by atoms with Crippen LogP contribution < -0.4 is 0 Å². The first-order chi connectivity index (χ1) is 6.33. The van der Waals surface area contributed by atoms with Gasteiger partial charge in [0.1, 0.15) is 5.76 Å². The summed E-state index contributed by atoms with van der Waals surface area (Å²) in [5, 5.41) is 0. The van der Waals surface area contributed by atoms with Crippen molar-refractivity contribution in [3.8, 4) is 0 Å². The molecule has 2 nitrogen and oxygen atoms in total. The second-order valence-electron chi connectivity index (χ2n) is 2.93. The van der Waals surface area contributed by atoms with Gasteiger partial charge in [-0.2, -0.15) is 12.6 Å². The standard InChI is InChI=1S/C10H15NOS/c1-11(6-2-3-8-13)9-10-5-4-7-12-10/h2-5,7,13H,6,8-9H2,1H3. The molecular formula is C10H15NOS. The van der Waals surface area contributed by atoms with Crippen LogP contribution in [0.25, 0.3) is 0 Å². The Morgan fingerprint density at radius 1 is 1.54 bits per heavy atom. The molecule has 0 fully saturated rings. The monoisotopic (exact) mass is 197 g/mol. The highest BCUT2D eigenvalue weighted by Crippen LogP contribution is 2.03. The van der Waals surface area contributed by atoms with Crippen LogP contribution in [0.1, 0.15) is 5.76 Å². The smallest absolute Gasteiger partial charge is 0.117 e. The van der Waals surface area contributed by atoms with Crippen LogP contribution in [0.5, 0.6) is 0 Å². The van der Waals surface area contributed by atoms with Crippen LogP contribution in [0.3, 0.4) is 0 Å². The van der Waals surface area contributed by atoms with Gasteiger partial charge in [0.15, 0.2) is 0 Å². The average molecular weight is 197 g/mol. The Morgan fingerprint density at radius 3 is 3.00 bits per heavy atom. The van der Waals surface area contributed by atoms with E-state index >= 15 is 0 Å². The zero-order valence-corrected chi connectivity index (χ0v) is 8.71. The maximum atomic E-state index is 5.23. The van der Waals surface area contributed by atoms with Crippen LogP contribution in [0, 0.1) is 0 Å². The topological polar surface area (TPSA) is 16.4 Å². The number of hydrogen-bond acceptors (Lipinski definition) is 3. The summed E-state index contributed by atoms with van der Waals surface area (Å²) < 4.78 is 5.23. The van der Waals surface area contributed by atoms with Crippen molar-refractivity contribution in [3.05, 3.63) is 36.3 Å². The van der Waals surface area contributed by atoms with E-state index in [0.29, 0.717) is 0 Å². The highest BCUT2D eigenvalue weighted by atomic mass is 32.1. The van der Waals surface area contributed by atoms with Gasteiger partial charge in [0.05, 0.1) is 12.8 Å². The number of nitrogens with zero attached hydrogens (tertiary/aromatic N) is 1. The zero-order valence-electron chi connectivity index (χ0n) is 7.81. The summed E-state index contributed by atoms with van der Waals surface area (Å²) in [6.07, 6.45) is 5.85. The molecule has 0 spiro atoms. The molecular weight excluding hydrogens is 182 g/mol. The van der Waals surface area contributed by atoms with Crippen molar-refractivity contribution in [2.75, 3.05) is 19.3 Å². The molecule has 0 aliphatic rings. The van der Waals surface area contributed by atoms with E-state index in [1.54, 1.807) is 6.26 Å². The van der Waals surface area contributed by atoms with Crippen molar-refractivity contribution in [3.63, 3.8) is 0 Å². The Hall–Kier alpha value is -0.670. The largest absolute Gasteiger partial charge is 0.468 e. The van der Waals surface area contributed by atoms with E-state index in [-0.39, 0.29) is 0 Å². The van der Waals surface area contributed by atoms with Gasteiger partial charge < -0.3 is 4.42 Å². The molecule has 13 heavy (non-hydrogen) atoms. The second-order valence-corrected chi connectivity index (χ2v) is 3.30. The first kappa shape index (κ1) is 10.4. The van der Waals surface area contributed by atoms with Gasteiger partial charge >= 0.3 is 0 Å². The molecule has 0 atom stereocenters. The molecule has 0 N–H and O–H groups in total. The first-order valence-electron chi connectivity index (χ1n) is 4.29. The van der Waals surface area contributed by atoms with E-state index in [1.807, 2.05) is 18.2 Å². The lowest BCUT2D eigenvalue weighted by atomic mass is 10.4. The maximum Gasteiger partial charge on any atom is 0.117 e. The van der Waals surface area contributed by atoms with Gasteiger partial charge in [-0.15, -0.1) is 0 Å². The van der Waals surface area contributed by atoms with Crippen molar-refractivity contribution >= 4 is 12.6 Å². The number of thiol groups is 1. The van der Waals surface area contributed by atoms with Crippen LogP contribution in [0.15, 0.2) is 35.0 Å². The Morgan fingerprint density at radius 2 is 2.38 bits per heavy atom. The molecule has 1 aromatic heterocycles. The fraction of sp³-hybridized carbons (Fsp3) is 0.400. The molecule has 0 aromatic carbocycles. The summed E-state index contributed by atoms with van der Waals surface area (Å²) in [7, 11) is 2.06. The van der Waals surface area contributed by atoms with Crippen LogP contribution >= 0.6 is 12.6 Å². The summed E-state index contributed by atoms with van der Waals surface area (Å²) >= 11 is 4.09. The molecule has 0 radical (unpaired) electrons. The Bertz CT molecular complexity index is 243. The van der Waals surface area contributed by atoms with Crippen molar-refractivity contribution in [2.24, 2.45) is 0 Å². The highest BCUT2D eigenvalue weighted by molar-refractivity contribution is 7.80. The van der Waals surface area contributed by atoms with Gasteiger partial charge in [0.25, 0.3) is 0 Å². The number of rotatable bonds is 5. The third-order valence-corrected chi connectivity index (χ3v) is 1.91. The molecule has 0 amide bonds. The third kappa shape index (κ3) is 4.20. The Kier molecular flexibility index (Phi) is 4.72. The van der Waals surface area contributed by atoms with Gasteiger partial charge in [0.2, 0.25) is 0 Å². The fourth-order valence-electron chi connectivity index (χ4n) is 1.06. The lowest BCUT2D eigenvalue weighted by Gasteiger charge is -2.11. The minimum atomic E-state index is 0.800. The molecule has 0 saturated heterocycles. The summed E-state index contributed by atoms with van der Waals surface area (Å²) in [6.45, 7) is 1.78. The Balaban J connectivity index is 2.25. The van der Waals surface area contributed by atoms with Gasteiger partial charge in [-0.25, -0.2) is 0 Å². The normalized spacial score (nSPS) is 11.6. The minimum Gasteiger partial charge on any atom is -0.468 e. The van der Waals surface area contributed by atoms with Crippen molar-refractivity contribution in [2.45, 2.75) is 6.54 Å². The van der Waals surface area contributed by atoms with E-state index in [9.17, 15) is 0 Å². The highest BCUT2D eigenvalue weighted by Gasteiger charge is 1.99. The van der Waals surface area contributed by atoms with Crippen LogP contribution in [0.2, 0.25) is 0 Å². The van der Waals surface area contributed by atoms with E-state index in [4.69, 9.17) is 4.42 Å². The summed E-state index contributed by atoms with van der Waals surface area (Å²) in [5.41, 5.74) is 0. The molecule has 1 rings (SSSR count). The van der Waals surface area contributed by atoms with Crippen molar-refractivity contribution in [1.82, 2.24) is 4.90 Å². The van der Waals surface area contributed by atoms with E-state index in [2.05, 4.69) is 30.7 Å². The minimum absolute atomic E-state index is 0.800. The summed E-state index contributed by atoms with van der Waals surface area (Å²) in [5.74, 6) is 1.80. The van der Waals surface area contributed by atoms with Crippen molar-refractivity contribution < 1.29 is 4.42 Å². The maximum absolute atomic E-state index is 5.23. The van der Waals surface area contributed by atoms with E-state index < -0.39 is 0 Å². The molecule has 1 aromatic rings. The summed E-state index contributed by atoms with van der Waals surface area (Å²) in [4.78, 5) is 2.18. The number of likely N-dealkylation sites (N-methyl/N-ethyl adjacent to an activating group) is 1. The predicted molar refractivity (Wildman–Crippen MR) is 58.0 cm³/mol. The number of furan rings is 1. The quantitative estimate of drug-likeness (QED) is 0.575. The van der Waals surface area contributed by atoms with Crippen LogP contribution in [-0.2, 0) is 6.54 Å². The van der Waals surface area contributed by atoms with Crippen molar-refractivity contribution in [1.29, 1.82) is 0 Å². The van der Waals surface area contributed by atoms with E-state index in [0.717, 1.165) is 24.6 Å².